The zero-order chi connectivity index (χ0) is 16.1. The van der Waals surface area contributed by atoms with E-state index in [9.17, 15) is 9.18 Å². The van der Waals surface area contributed by atoms with Gasteiger partial charge in [-0.05, 0) is 31.2 Å². The van der Waals surface area contributed by atoms with Crippen LogP contribution >= 0.6 is 11.8 Å². The number of nitrogens with zero attached hydrogens (tertiary/aromatic N) is 3. The predicted octanol–water partition coefficient (Wildman–Crippen LogP) is 2.53. The summed E-state index contributed by atoms with van der Waals surface area (Å²) in [4.78, 5) is 13.0. The van der Waals surface area contributed by atoms with Crippen LogP contribution < -0.4 is 4.74 Å². The van der Waals surface area contributed by atoms with Crippen molar-refractivity contribution in [3.05, 3.63) is 36.0 Å². The van der Waals surface area contributed by atoms with E-state index in [1.165, 1.54) is 40.9 Å². The van der Waals surface area contributed by atoms with Crippen LogP contribution in [0, 0.1) is 5.82 Å². The minimum absolute atomic E-state index is 0.0413. The van der Waals surface area contributed by atoms with Crippen molar-refractivity contribution in [2.24, 2.45) is 0 Å². The summed E-state index contributed by atoms with van der Waals surface area (Å²) in [5.41, 5.74) is 0. The van der Waals surface area contributed by atoms with E-state index in [0.29, 0.717) is 16.9 Å². The molecule has 0 aliphatic heterocycles. The molecular formula is C14H16FN3O3S. The Kier molecular flexibility index (Phi) is 5.37. The maximum absolute atomic E-state index is 12.8. The summed E-state index contributed by atoms with van der Waals surface area (Å²) in [7, 11) is 3.36. The number of aromatic nitrogens is 2. The van der Waals surface area contributed by atoms with E-state index in [1.807, 2.05) is 0 Å². The molecule has 0 fully saturated rings. The van der Waals surface area contributed by atoms with E-state index < -0.39 is 6.10 Å². The van der Waals surface area contributed by atoms with Gasteiger partial charge in [0, 0.05) is 14.1 Å². The van der Waals surface area contributed by atoms with Crippen LogP contribution in [0.2, 0.25) is 0 Å². The lowest BCUT2D eigenvalue weighted by molar-refractivity contribution is -0.125. The number of hydrogen-bond acceptors (Lipinski definition) is 6. The summed E-state index contributed by atoms with van der Waals surface area (Å²) in [6.45, 7) is 1.75. The minimum Gasteiger partial charge on any atom is -0.481 e. The van der Waals surface area contributed by atoms with Crippen LogP contribution in [0.5, 0.6) is 5.75 Å². The molecule has 118 valence electrons. The first kappa shape index (κ1) is 16.3. The number of thioether (sulfide) groups is 1. The lowest BCUT2D eigenvalue weighted by Crippen LogP contribution is -2.23. The van der Waals surface area contributed by atoms with Gasteiger partial charge in [0.15, 0.2) is 6.10 Å². The van der Waals surface area contributed by atoms with Gasteiger partial charge in [-0.25, -0.2) is 4.39 Å². The zero-order valence-electron chi connectivity index (χ0n) is 12.4. The second-order valence-corrected chi connectivity index (χ2v) is 5.62. The average molecular weight is 325 g/mol. The fraction of sp³-hybridized carbons (Fsp3) is 0.357. The van der Waals surface area contributed by atoms with E-state index in [2.05, 4.69) is 10.2 Å². The van der Waals surface area contributed by atoms with Gasteiger partial charge in [-0.15, -0.1) is 10.2 Å². The number of rotatable bonds is 6. The van der Waals surface area contributed by atoms with E-state index in [-0.39, 0.29) is 17.5 Å². The van der Waals surface area contributed by atoms with Crippen LogP contribution in [0.15, 0.2) is 33.9 Å². The molecule has 6 nitrogen and oxygen atoms in total. The molecule has 0 radical (unpaired) electrons. The van der Waals surface area contributed by atoms with Crippen LogP contribution in [0.4, 0.5) is 4.39 Å². The van der Waals surface area contributed by atoms with E-state index >= 15 is 0 Å². The predicted molar refractivity (Wildman–Crippen MR) is 79.2 cm³/mol. The van der Waals surface area contributed by atoms with Crippen molar-refractivity contribution in [1.82, 2.24) is 15.1 Å². The average Bonchev–Trinajstić information content (AvgIpc) is 2.96. The molecule has 1 heterocycles. The summed E-state index contributed by atoms with van der Waals surface area (Å²) < 4.78 is 23.9. The summed E-state index contributed by atoms with van der Waals surface area (Å²) in [5.74, 6) is 0.651. The van der Waals surface area contributed by atoms with Crippen molar-refractivity contribution >= 4 is 17.7 Å². The van der Waals surface area contributed by atoms with Gasteiger partial charge in [-0.3, -0.25) is 4.79 Å². The van der Waals surface area contributed by atoms with Gasteiger partial charge in [0.25, 0.3) is 11.1 Å². The molecular weight excluding hydrogens is 309 g/mol. The first-order valence-electron chi connectivity index (χ1n) is 6.54. The highest BCUT2D eigenvalue weighted by molar-refractivity contribution is 7.99. The Balaban J connectivity index is 1.92. The molecule has 0 saturated heterocycles. The van der Waals surface area contributed by atoms with Gasteiger partial charge in [0.1, 0.15) is 11.6 Å². The van der Waals surface area contributed by atoms with E-state index in [4.69, 9.17) is 9.15 Å². The zero-order valence-corrected chi connectivity index (χ0v) is 13.3. The third-order valence-corrected chi connectivity index (χ3v) is 3.52. The van der Waals surface area contributed by atoms with Crippen molar-refractivity contribution in [1.29, 1.82) is 0 Å². The Hall–Kier alpha value is -2.09. The minimum atomic E-state index is -0.475. The number of amides is 1. The van der Waals surface area contributed by atoms with Crippen molar-refractivity contribution < 1.29 is 18.3 Å². The molecule has 2 rings (SSSR count). The van der Waals surface area contributed by atoms with Gasteiger partial charge in [0.2, 0.25) is 5.91 Å². The fourth-order valence-electron chi connectivity index (χ4n) is 1.46. The molecule has 0 aliphatic rings. The molecule has 0 unspecified atom stereocenters. The summed E-state index contributed by atoms with van der Waals surface area (Å²) in [5, 5.41) is 8.06. The standard InChI is InChI=1S/C14H16FN3O3S/c1-9(20-11-6-4-10(15)5-7-11)13-16-17-14(21-13)22-8-12(19)18(2)3/h4-7,9H,8H2,1-3H3/t9-/m1/s1. The van der Waals surface area contributed by atoms with Crippen LogP contribution in [-0.2, 0) is 4.79 Å². The lowest BCUT2D eigenvalue weighted by atomic mass is 10.3. The van der Waals surface area contributed by atoms with Gasteiger partial charge in [-0.2, -0.15) is 0 Å². The van der Waals surface area contributed by atoms with E-state index in [1.54, 1.807) is 21.0 Å². The second kappa shape index (κ2) is 7.26. The van der Waals surface area contributed by atoms with Crippen LogP contribution in [0.25, 0.3) is 0 Å². The second-order valence-electron chi connectivity index (χ2n) is 4.70. The Labute approximate surface area is 131 Å². The highest BCUT2D eigenvalue weighted by atomic mass is 32.2. The highest BCUT2D eigenvalue weighted by Gasteiger charge is 2.17. The van der Waals surface area contributed by atoms with Crippen molar-refractivity contribution in [2.75, 3.05) is 19.8 Å². The molecule has 22 heavy (non-hydrogen) atoms. The Morgan fingerprint density at radius 2 is 2.05 bits per heavy atom. The number of hydrogen-bond donors (Lipinski definition) is 0. The quantitative estimate of drug-likeness (QED) is 0.760. The van der Waals surface area contributed by atoms with Crippen LogP contribution in [0.1, 0.15) is 18.9 Å². The summed E-state index contributed by atoms with van der Waals surface area (Å²) in [6.07, 6.45) is -0.475. The molecule has 0 saturated carbocycles. The number of carbonyl (C=O) groups excluding carboxylic acids is 1. The summed E-state index contributed by atoms with van der Waals surface area (Å²) >= 11 is 1.17. The molecule has 1 aromatic heterocycles. The Bertz CT molecular complexity index is 631. The van der Waals surface area contributed by atoms with Gasteiger partial charge in [0.05, 0.1) is 5.75 Å². The topological polar surface area (TPSA) is 68.5 Å². The third-order valence-electron chi connectivity index (χ3n) is 2.71. The van der Waals surface area contributed by atoms with Crippen LogP contribution in [-0.4, -0.2) is 40.9 Å². The first-order valence-corrected chi connectivity index (χ1v) is 7.53. The Morgan fingerprint density at radius 3 is 2.68 bits per heavy atom. The van der Waals surface area contributed by atoms with Crippen LogP contribution in [0.3, 0.4) is 0 Å². The molecule has 0 aliphatic carbocycles. The smallest absolute Gasteiger partial charge is 0.277 e. The maximum Gasteiger partial charge on any atom is 0.277 e. The Morgan fingerprint density at radius 1 is 1.36 bits per heavy atom. The normalized spacial score (nSPS) is 12.0. The third kappa shape index (κ3) is 4.45. The SMILES string of the molecule is C[C@@H](Oc1ccc(F)cc1)c1nnc(SCC(=O)N(C)C)o1. The number of benzene rings is 1. The highest BCUT2D eigenvalue weighted by Crippen LogP contribution is 2.24. The number of carbonyl (C=O) groups is 1. The van der Waals surface area contributed by atoms with Gasteiger partial charge in [-0.1, -0.05) is 11.8 Å². The van der Waals surface area contributed by atoms with Crippen molar-refractivity contribution in [2.45, 2.75) is 18.3 Å². The number of ether oxygens (including phenoxy) is 1. The largest absolute Gasteiger partial charge is 0.481 e. The molecule has 8 heteroatoms. The van der Waals surface area contributed by atoms with Gasteiger partial charge >= 0.3 is 0 Å². The fourth-order valence-corrected chi connectivity index (χ4v) is 2.21. The number of halogens is 1. The molecule has 0 bridgehead atoms. The van der Waals surface area contributed by atoms with Gasteiger partial charge < -0.3 is 14.1 Å². The lowest BCUT2D eigenvalue weighted by Gasteiger charge is -2.10. The molecule has 1 atom stereocenters. The molecule has 1 amide bonds. The van der Waals surface area contributed by atoms with E-state index in [0.717, 1.165) is 0 Å². The monoisotopic (exact) mass is 325 g/mol. The van der Waals surface area contributed by atoms with Crippen molar-refractivity contribution in [3.8, 4) is 5.75 Å². The molecule has 1 aromatic carbocycles. The van der Waals surface area contributed by atoms with Crippen molar-refractivity contribution in [3.63, 3.8) is 0 Å². The first-order chi connectivity index (χ1) is 10.5. The molecule has 0 N–H and O–H groups in total. The molecule has 0 spiro atoms. The summed E-state index contributed by atoms with van der Waals surface area (Å²) in [6, 6.07) is 5.66. The molecule has 2 aromatic rings. The maximum atomic E-state index is 12.8.